The van der Waals surface area contributed by atoms with E-state index >= 15 is 0 Å². The molecule has 0 radical (unpaired) electrons. The highest BCUT2D eigenvalue weighted by Crippen LogP contribution is 2.27. The van der Waals surface area contributed by atoms with Gasteiger partial charge in [0.2, 0.25) is 0 Å². The van der Waals surface area contributed by atoms with Gasteiger partial charge in [0.15, 0.2) is 0 Å². The summed E-state index contributed by atoms with van der Waals surface area (Å²) < 4.78 is 0. The Balaban J connectivity index is 1.79. The third-order valence-corrected chi connectivity index (χ3v) is 5.26. The van der Waals surface area contributed by atoms with Gasteiger partial charge in [0, 0.05) is 42.9 Å². The van der Waals surface area contributed by atoms with Gasteiger partial charge in [-0.15, -0.1) is 0 Å². The number of fused-ring (bicyclic) bond motifs is 1. The van der Waals surface area contributed by atoms with Gasteiger partial charge in [-0.2, -0.15) is 11.8 Å². The minimum absolute atomic E-state index is 0.719. The smallest absolute Gasteiger partial charge is 0.0375 e. The topological polar surface area (TPSA) is 15.3 Å². The maximum atomic E-state index is 3.53. The quantitative estimate of drug-likeness (QED) is 0.882. The van der Waals surface area contributed by atoms with E-state index in [1.165, 1.54) is 36.6 Å². The number of hydrogen-bond donors (Lipinski definition) is 1. The van der Waals surface area contributed by atoms with E-state index in [1.54, 1.807) is 11.1 Å². The molecular weight excluding hydrogens is 240 g/mol. The number of rotatable bonds is 2. The second-order valence-electron chi connectivity index (χ2n) is 5.37. The van der Waals surface area contributed by atoms with Crippen molar-refractivity contribution in [2.75, 3.05) is 29.9 Å². The van der Waals surface area contributed by atoms with Crippen LogP contribution in [0, 0.1) is 0 Å². The molecule has 1 saturated heterocycles. The lowest BCUT2D eigenvalue weighted by Gasteiger charge is -2.34. The maximum Gasteiger partial charge on any atom is 0.0375 e. The molecule has 0 amide bonds. The number of nitrogens with zero attached hydrogens (tertiary/aromatic N) is 1. The highest BCUT2D eigenvalue weighted by Gasteiger charge is 2.20. The summed E-state index contributed by atoms with van der Waals surface area (Å²) >= 11 is 2.09. The average molecular weight is 262 g/mol. The van der Waals surface area contributed by atoms with E-state index in [4.69, 9.17) is 0 Å². The van der Waals surface area contributed by atoms with Crippen LogP contribution < -0.4 is 5.32 Å². The highest BCUT2D eigenvalue weighted by molar-refractivity contribution is 7.99. The highest BCUT2D eigenvalue weighted by atomic mass is 32.2. The molecule has 1 N–H and O–H groups in total. The van der Waals surface area contributed by atoms with Crippen LogP contribution in [0.25, 0.3) is 0 Å². The van der Waals surface area contributed by atoms with Crippen LogP contribution in [0.5, 0.6) is 0 Å². The van der Waals surface area contributed by atoms with Crippen molar-refractivity contribution in [3.63, 3.8) is 0 Å². The summed E-state index contributed by atoms with van der Waals surface area (Å²) in [5.41, 5.74) is 4.48. The molecule has 0 spiro atoms. The van der Waals surface area contributed by atoms with Crippen molar-refractivity contribution in [2.24, 2.45) is 0 Å². The number of thioether (sulfide) groups is 1. The summed E-state index contributed by atoms with van der Waals surface area (Å²) in [6.45, 7) is 5.86. The summed E-state index contributed by atoms with van der Waals surface area (Å²) in [4.78, 5) is 2.64. The molecule has 0 saturated carbocycles. The zero-order chi connectivity index (χ0) is 12.4. The van der Waals surface area contributed by atoms with Crippen molar-refractivity contribution in [3.05, 3.63) is 29.3 Å². The van der Waals surface area contributed by atoms with Crippen LogP contribution in [0.3, 0.4) is 0 Å². The molecule has 0 aromatic heterocycles. The van der Waals surface area contributed by atoms with Crippen molar-refractivity contribution in [2.45, 2.75) is 32.4 Å². The number of nitrogens with one attached hydrogen (secondary N) is 1. The lowest BCUT2D eigenvalue weighted by molar-refractivity contribution is 0.223. The standard InChI is InChI=1S/C15H22N2S/c1-12-11-18-9-8-17(12)10-13-4-2-6-15-14(13)5-3-7-16-15/h2,4,6,12,16H,3,5,7-11H2,1H3. The zero-order valence-corrected chi connectivity index (χ0v) is 11.9. The third-order valence-electron chi connectivity index (χ3n) is 4.07. The largest absolute Gasteiger partial charge is 0.385 e. The van der Waals surface area contributed by atoms with Crippen LogP contribution >= 0.6 is 11.8 Å². The Morgan fingerprint density at radius 3 is 3.28 bits per heavy atom. The average Bonchev–Trinajstić information content (AvgIpc) is 2.42. The predicted octanol–water partition coefficient (Wildman–Crippen LogP) is 2.98. The fourth-order valence-corrected chi connectivity index (χ4v) is 4.03. The van der Waals surface area contributed by atoms with Crippen LogP contribution in [-0.4, -0.2) is 35.5 Å². The number of benzene rings is 1. The van der Waals surface area contributed by atoms with Crippen molar-refractivity contribution in [1.82, 2.24) is 4.90 Å². The Hall–Kier alpha value is -0.670. The lowest BCUT2D eigenvalue weighted by Crippen LogP contribution is -2.39. The summed E-state index contributed by atoms with van der Waals surface area (Å²) in [6.07, 6.45) is 2.52. The molecular formula is C15H22N2S. The molecule has 2 heterocycles. The minimum Gasteiger partial charge on any atom is -0.385 e. The molecule has 1 atom stereocenters. The second kappa shape index (κ2) is 5.54. The van der Waals surface area contributed by atoms with Gasteiger partial charge in [-0.25, -0.2) is 0 Å². The van der Waals surface area contributed by atoms with Crippen LogP contribution in [-0.2, 0) is 13.0 Å². The van der Waals surface area contributed by atoms with Crippen molar-refractivity contribution in [1.29, 1.82) is 0 Å². The molecule has 1 aromatic rings. The third kappa shape index (κ3) is 2.52. The first kappa shape index (κ1) is 12.4. The summed E-state index contributed by atoms with van der Waals surface area (Å²) in [6, 6.07) is 7.47. The van der Waals surface area contributed by atoms with Gasteiger partial charge in [-0.3, -0.25) is 4.90 Å². The molecule has 2 aliphatic heterocycles. The first-order chi connectivity index (χ1) is 8.84. The van der Waals surface area contributed by atoms with Gasteiger partial charge in [0.1, 0.15) is 0 Å². The van der Waals surface area contributed by atoms with Crippen LogP contribution in [0.2, 0.25) is 0 Å². The molecule has 3 heteroatoms. The van der Waals surface area contributed by atoms with E-state index < -0.39 is 0 Å². The van der Waals surface area contributed by atoms with Gasteiger partial charge in [0.25, 0.3) is 0 Å². The molecule has 0 bridgehead atoms. The molecule has 3 rings (SSSR count). The van der Waals surface area contributed by atoms with Gasteiger partial charge >= 0.3 is 0 Å². The molecule has 2 nitrogen and oxygen atoms in total. The van der Waals surface area contributed by atoms with Crippen molar-refractivity contribution in [3.8, 4) is 0 Å². The fourth-order valence-electron chi connectivity index (χ4n) is 2.95. The molecule has 1 aromatic carbocycles. The first-order valence-electron chi connectivity index (χ1n) is 7.01. The van der Waals surface area contributed by atoms with E-state index in [2.05, 4.69) is 47.1 Å². The Morgan fingerprint density at radius 2 is 2.39 bits per heavy atom. The number of hydrogen-bond acceptors (Lipinski definition) is 3. The molecule has 1 fully saturated rings. The molecule has 98 valence electrons. The van der Waals surface area contributed by atoms with Gasteiger partial charge in [-0.1, -0.05) is 12.1 Å². The Kier molecular flexibility index (Phi) is 3.80. The number of anilines is 1. The zero-order valence-electron chi connectivity index (χ0n) is 11.1. The molecule has 1 unspecified atom stereocenters. The van der Waals surface area contributed by atoms with Crippen molar-refractivity contribution < 1.29 is 0 Å². The summed E-state index contributed by atoms with van der Waals surface area (Å²) in [7, 11) is 0. The minimum atomic E-state index is 0.719. The SMILES string of the molecule is CC1CSCCN1Cc1cccc2c1CCCN2. The first-order valence-corrected chi connectivity index (χ1v) is 8.16. The van der Waals surface area contributed by atoms with Gasteiger partial charge < -0.3 is 5.32 Å². The lowest BCUT2D eigenvalue weighted by atomic mass is 9.97. The van der Waals surface area contributed by atoms with Crippen LogP contribution in [0.4, 0.5) is 5.69 Å². The second-order valence-corrected chi connectivity index (χ2v) is 6.52. The Morgan fingerprint density at radius 1 is 1.44 bits per heavy atom. The monoisotopic (exact) mass is 262 g/mol. The van der Waals surface area contributed by atoms with Gasteiger partial charge in [-0.05, 0) is 37.0 Å². The normalized spacial score (nSPS) is 24.4. The van der Waals surface area contributed by atoms with E-state index in [9.17, 15) is 0 Å². The summed E-state index contributed by atoms with van der Waals surface area (Å²) in [5, 5.41) is 3.53. The molecule has 0 aliphatic carbocycles. The fraction of sp³-hybridized carbons (Fsp3) is 0.600. The van der Waals surface area contributed by atoms with E-state index in [1.807, 2.05) is 0 Å². The molecule has 18 heavy (non-hydrogen) atoms. The van der Waals surface area contributed by atoms with Crippen LogP contribution in [0.1, 0.15) is 24.5 Å². The Labute approximate surface area is 114 Å². The Bertz CT molecular complexity index is 419. The van der Waals surface area contributed by atoms with E-state index in [0.29, 0.717) is 0 Å². The predicted molar refractivity (Wildman–Crippen MR) is 80.4 cm³/mol. The van der Waals surface area contributed by atoms with Crippen LogP contribution in [0.15, 0.2) is 18.2 Å². The van der Waals surface area contributed by atoms with Crippen molar-refractivity contribution >= 4 is 17.4 Å². The molecule has 2 aliphatic rings. The summed E-state index contributed by atoms with van der Waals surface area (Å²) in [5.74, 6) is 2.57. The maximum absolute atomic E-state index is 3.53. The van der Waals surface area contributed by atoms with Gasteiger partial charge in [0.05, 0.1) is 0 Å². The van der Waals surface area contributed by atoms with E-state index in [0.717, 1.165) is 19.1 Å². The van der Waals surface area contributed by atoms with E-state index in [-0.39, 0.29) is 0 Å².